The molecule has 0 atom stereocenters. The molecule has 0 amide bonds. The third-order valence-corrected chi connectivity index (χ3v) is 1.62. The van der Waals surface area contributed by atoms with E-state index in [4.69, 9.17) is 5.73 Å². The zero-order valence-corrected chi connectivity index (χ0v) is 6.15. The van der Waals surface area contributed by atoms with Crippen LogP contribution in [0, 0.1) is 0 Å². The van der Waals surface area contributed by atoms with E-state index in [1.54, 1.807) is 10.7 Å². The average molecular weight is 151 g/mol. The summed E-state index contributed by atoms with van der Waals surface area (Å²) in [6.07, 6.45) is 5.32. The van der Waals surface area contributed by atoms with E-state index >= 15 is 0 Å². The molecule has 0 fully saturated rings. The first-order valence-corrected chi connectivity index (χ1v) is 3.31. The van der Waals surface area contributed by atoms with Gasteiger partial charge in [0.05, 0.1) is 11.9 Å². The Morgan fingerprint density at radius 1 is 1.55 bits per heavy atom. The number of imidazole rings is 1. The fourth-order valence-electron chi connectivity index (χ4n) is 1.11. The smallest absolute Gasteiger partial charge is 0.177 e. The summed E-state index contributed by atoms with van der Waals surface area (Å²) < 4.78 is 3.52. The molecule has 0 spiro atoms. The van der Waals surface area contributed by atoms with Crippen molar-refractivity contribution in [2.75, 3.05) is 18.2 Å². The van der Waals surface area contributed by atoms with E-state index in [0.29, 0.717) is 5.69 Å². The molecule has 3 N–H and O–H groups in total. The molecule has 5 nitrogen and oxygen atoms in total. The quantitative estimate of drug-likeness (QED) is 0.598. The highest BCUT2D eigenvalue weighted by Crippen LogP contribution is 2.10. The summed E-state index contributed by atoms with van der Waals surface area (Å²) in [4.78, 5) is 0. The number of nitrogen functional groups attached to an aromatic ring is 1. The van der Waals surface area contributed by atoms with Gasteiger partial charge in [0.2, 0.25) is 0 Å². The maximum Gasteiger partial charge on any atom is 0.177 e. The number of aromatic nitrogens is 3. The number of nitrogens with one attached hydrogen (secondary N) is 1. The standard InChI is InChI=1S/C6H9N5/c1-8-10-2-3-11-6(10)5(7)4-9-11/h2-4,8H,7H2,1H3. The molecule has 2 heterocycles. The Hall–Kier alpha value is -1.65. The van der Waals surface area contributed by atoms with Crippen LogP contribution in [-0.2, 0) is 0 Å². The minimum Gasteiger partial charge on any atom is -0.394 e. The van der Waals surface area contributed by atoms with Crippen molar-refractivity contribution in [2.24, 2.45) is 0 Å². The van der Waals surface area contributed by atoms with E-state index < -0.39 is 0 Å². The van der Waals surface area contributed by atoms with E-state index in [0.717, 1.165) is 5.65 Å². The number of nitrogens with zero attached hydrogens (tertiary/aromatic N) is 3. The van der Waals surface area contributed by atoms with Gasteiger partial charge < -0.3 is 11.2 Å². The summed E-state index contributed by atoms with van der Waals surface area (Å²) in [7, 11) is 1.83. The lowest BCUT2D eigenvalue weighted by Gasteiger charge is -1.99. The van der Waals surface area contributed by atoms with Gasteiger partial charge in [-0.2, -0.15) is 5.10 Å². The zero-order chi connectivity index (χ0) is 7.84. The first kappa shape index (κ1) is 6.09. The van der Waals surface area contributed by atoms with Gasteiger partial charge in [0.1, 0.15) is 0 Å². The fourth-order valence-corrected chi connectivity index (χ4v) is 1.11. The Morgan fingerprint density at radius 3 is 3.09 bits per heavy atom. The second-order valence-corrected chi connectivity index (χ2v) is 2.26. The number of nitrogens with two attached hydrogens (primary N) is 1. The summed E-state index contributed by atoms with van der Waals surface area (Å²) in [6, 6.07) is 0. The van der Waals surface area contributed by atoms with Crippen LogP contribution in [0.15, 0.2) is 18.6 Å². The van der Waals surface area contributed by atoms with Crippen LogP contribution in [0.1, 0.15) is 0 Å². The molecule has 0 bridgehead atoms. The topological polar surface area (TPSA) is 60.3 Å². The normalized spacial score (nSPS) is 10.6. The number of hydrogen-bond acceptors (Lipinski definition) is 3. The molecular weight excluding hydrogens is 142 g/mol. The lowest BCUT2D eigenvalue weighted by atomic mass is 10.6. The Bertz CT molecular complexity index is 371. The SMILES string of the molecule is CNn1ccn2ncc(N)c12. The molecular formula is C6H9N5. The average Bonchev–Trinajstić information content (AvgIpc) is 2.54. The van der Waals surface area contributed by atoms with Crippen LogP contribution in [0.5, 0.6) is 0 Å². The Balaban J connectivity index is 2.80. The largest absolute Gasteiger partial charge is 0.394 e. The van der Waals surface area contributed by atoms with Gasteiger partial charge in [-0.3, -0.25) is 0 Å². The van der Waals surface area contributed by atoms with Crippen LogP contribution in [0.25, 0.3) is 5.65 Å². The van der Waals surface area contributed by atoms with Crippen molar-refractivity contribution < 1.29 is 0 Å². The van der Waals surface area contributed by atoms with E-state index in [1.165, 1.54) is 0 Å². The minimum absolute atomic E-state index is 0.671. The number of fused-ring (bicyclic) bond motifs is 1. The molecule has 11 heavy (non-hydrogen) atoms. The molecule has 2 aromatic heterocycles. The van der Waals surface area contributed by atoms with E-state index in [1.807, 2.05) is 24.1 Å². The van der Waals surface area contributed by atoms with Crippen LogP contribution < -0.4 is 11.2 Å². The number of hydrogen-bond donors (Lipinski definition) is 2. The van der Waals surface area contributed by atoms with Gasteiger partial charge in [-0.05, 0) is 0 Å². The Labute approximate surface area is 63.4 Å². The van der Waals surface area contributed by atoms with Crippen molar-refractivity contribution in [3.8, 4) is 0 Å². The molecule has 0 aromatic carbocycles. The van der Waals surface area contributed by atoms with Gasteiger partial charge in [0, 0.05) is 19.4 Å². The summed E-state index contributed by atoms with van der Waals surface area (Å²) in [5.74, 6) is 0. The van der Waals surface area contributed by atoms with Crippen molar-refractivity contribution in [2.45, 2.75) is 0 Å². The molecule has 0 saturated heterocycles. The number of rotatable bonds is 1. The second kappa shape index (κ2) is 1.91. The molecule has 0 aliphatic rings. The van der Waals surface area contributed by atoms with Crippen molar-refractivity contribution in [3.63, 3.8) is 0 Å². The van der Waals surface area contributed by atoms with Crippen molar-refractivity contribution in [1.29, 1.82) is 0 Å². The van der Waals surface area contributed by atoms with E-state index in [-0.39, 0.29) is 0 Å². The highest BCUT2D eigenvalue weighted by Gasteiger charge is 2.03. The summed E-state index contributed by atoms with van der Waals surface area (Å²) in [5.41, 5.74) is 10.1. The van der Waals surface area contributed by atoms with Crippen LogP contribution in [0.2, 0.25) is 0 Å². The van der Waals surface area contributed by atoms with Crippen molar-refractivity contribution in [1.82, 2.24) is 14.3 Å². The van der Waals surface area contributed by atoms with Crippen LogP contribution in [0.3, 0.4) is 0 Å². The molecule has 0 unspecified atom stereocenters. The first-order valence-electron chi connectivity index (χ1n) is 3.31. The van der Waals surface area contributed by atoms with Gasteiger partial charge in [0.25, 0.3) is 0 Å². The zero-order valence-electron chi connectivity index (χ0n) is 6.15. The summed E-state index contributed by atoms with van der Waals surface area (Å²) in [6.45, 7) is 0. The molecule has 2 rings (SSSR count). The van der Waals surface area contributed by atoms with E-state index in [2.05, 4.69) is 10.5 Å². The third-order valence-electron chi connectivity index (χ3n) is 1.62. The predicted octanol–water partition coefficient (Wildman–Crippen LogP) is -0.109. The van der Waals surface area contributed by atoms with Gasteiger partial charge in [-0.25, -0.2) is 9.19 Å². The monoisotopic (exact) mass is 151 g/mol. The molecule has 0 radical (unpaired) electrons. The molecule has 0 aliphatic heterocycles. The summed E-state index contributed by atoms with van der Waals surface area (Å²) >= 11 is 0. The van der Waals surface area contributed by atoms with Crippen LogP contribution >= 0.6 is 0 Å². The third kappa shape index (κ3) is 0.674. The molecule has 2 aromatic rings. The van der Waals surface area contributed by atoms with E-state index in [9.17, 15) is 0 Å². The molecule has 58 valence electrons. The molecule has 0 aliphatic carbocycles. The predicted molar refractivity (Wildman–Crippen MR) is 42.9 cm³/mol. The highest BCUT2D eigenvalue weighted by molar-refractivity contribution is 5.64. The molecule has 0 saturated carbocycles. The minimum atomic E-state index is 0.671. The highest BCUT2D eigenvalue weighted by atomic mass is 15.5. The van der Waals surface area contributed by atoms with Crippen LogP contribution in [-0.4, -0.2) is 21.3 Å². The molecule has 5 heteroatoms. The van der Waals surface area contributed by atoms with Crippen LogP contribution in [0.4, 0.5) is 5.69 Å². The number of anilines is 1. The van der Waals surface area contributed by atoms with Crippen molar-refractivity contribution >= 4 is 11.3 Å². The Morgan fingerprint density at radius 2 is 2.36 bits per heavy atom. The Kier molecular flexibility index (Phi) is 1.06. The maximum absolute atomic E-state index is 5.65. The first-order chi connectivity index (χ1) is 5.33. The maximum atomic E-state index is 5.65. The summed E-state index contributed by atoms with van der Waals surface area (Å²) in [5, 5.41) is 4.02. The van der Waals surface area contributed by atoms with Gasteiger partial charge in [0.15, 0.2) is 5.65 Å². The second-order valence-electron chi connectivity index (χ2n) is 2.26. The van der Waals surface area contributed by atoms with Gasteiger partial charge >= 0.3 is 0 Å². The fraction of sp³-hybridized carbons (Fsp3) is 0.167. The lowest BCUT2D eigenvalue weighted by Crippen LogP contribution is -2.07. The van der Waals surface area contributed by atoms with Crippen molar-refractivity contribution in [3.05, 3.63) is 18.6 Å². The van der Waals surface area contributed by atoms with Gasteiger partial charge in [-0.15, -0.1) is 0 Å². The lowest BCUT2D eigenvalue weighted by molar-refractivity contribution is 0.934. The van der Waals surface area contributed by atoms with Gasteiger partial charge in [-0.1, -0.05) is 0 Å².